The van der Waals surface area contributed by atoms with E-state index in [9.17, 15) is 13.2 Å². The van der Waals surface area contributed by atoms with E-state index in [0.29, 0.717) is 12.3 Å². The summed E-state index contributed by atoms with van der Waals surface area (Å²) >= 11 is 0. The first-order valence-electron chi connectivity index (χ1n) is 6.23. The van der Waals surface area contributed by atoms with Crippen molar-refractivity contribution in [1.82, 2.24) is 5.32 Å². The minimum absolute atomic E-state index is 0.162. The molecule has 104 valence electrons. The van der Waals surface area contributed by atoms with Crippen molar-refractivity contribution < 1.29 is 17.9 Å². The van der Waals surface area contributed by atoms with Crippen molar-refractivity contribution >= 4 is 0 Å². The number of nitrogens with one attached hydrogen (secondary N) is 1. The zero-order valence-electron chi connectivity index (χ0n) is 10.9. The molecule has 0 bridgehead atoms. The molecule has 5 heteroatoms. The van der Waals surface area contributed by atoms with Gasteiger partial charge in [-0.15, -0.1) is 0 Å². The van der Waals surface area contributed by atoms with Crippen molar-refractivity contribution in [2.75, 3.05) is 19.8 Å². The van der Waals surface area contributed by atoms with E-state index in [2.05, 4.69) is 23.9 Å². The molecule has 1 atom stereocenters. The number of hydrogen-bond acceptors (Lipinski definition) is 2. The molecule has 0 spiro atoms. The van der Waals surface area contributed by atoms with Gasteiger partial charge in [0.15, 0.2) is 0 Å². The minimum atomic E-state index is -4.22. The molecule has 0 saturated carbocycles. The average molecular weight is 255 g/mol. The molecular formula is C12H24F3NO. The third-order valence-electron chi connectivity index (χ3n) is 2.46. The molecule has 0 aliphatic carbocycles. The maximum atomic E-state index is 11.8. The van der Waals surface area contributed by atoms with Gasteiger partial charge in [0, 0.05) is 12.6 Å². The fourth-order valence-electron chi connectivity index (χ4n) is 1.59. The number of rotatable bonds is 9. The largest absolute Gasteiger partial charge is 0.411 e. The smallest absolute Gasteiger partial charge is 0.372 e. The predicted octanol–water partition coefficient (Wildman–Crippen LogP) is 3.37. The summed E-state index contributed by atoms with van der Waals surface area (Å²) in [6.45, 7) is 6.14. The lowest BCUT2D eigenvalue weighted by molar-refractivity contribution is -0.174. The van der Waals surface area contributed by atoms with E-state index >= 15 is 0 Å². The van der Waals surface area contributed by atoms with E-state index < -0.39 is 12.8 Å². The van der Waals surface area contributed by atoms with Crippen LogP contribution >= 0.6 is 0 Å². The van der Waals surface area contributed by atoms with Crippen molar-refractivity contribution in [2.45, 2.75) is 52.3 Å². The molecule has 0 aliphatic rings. The molecule has 0 fully saturated rings. The molecule has 0 saturated heterocycles. The van der Waals surface area contributed by atoms with Crippen LogP contribution in [0.5, 0.6) is 0 Å². The first kappa shape index (κ1) is 16.7. The minimum Gasteiger partial charge on any atom is -0.372 e. The summed E-state index contributed by atoms with van der Waals surface area (Å²) in [5.41, 5.74) is 0. The Labute approximate surface area is 102 Å². The molecule has 0 aromatic rings. The maximum Gasteiger partial charge on any atom is 0.411 e. The van der Waals surface area contributed by atoms with Crippen LogP contribution in [0.3, 0.4) is 0 Å². The summed E-state index contributed by atoms with van der Waals surface area (Å²) in [7, 11) is 0. The van der Waals surface area contributed by atoms with Crippen LogP contribution in [0.4, 0.5) is 13.2 Å². The first-order valence-corrected chi connectivity index (χ1v) is 6.23. The molecule has 1 N–H and O–H groups in total. The second-order valence-electron chi connectivity index (χ2n) is 4.68. The summed E-state index contributed by atoms with van der Waals surface area (Å²) in [6.07, 6.45) is -1.51. The van der Waals surface area contributed by atoms with Gasteiger partial charge < -0.3 is 10.1 Å². The highest BCUT2D eigenvalue weighted by Crippen LogP contribution is 2.15. The van der Waals surface area contributed by atoms with Crippen LogP contribution in [-0.4, -0.2) is 32.0 Å². The van der Waals surface area contributed by atoms with Gasteiger partial charge in [0.2, 0.25) is 0 Å². The van der Waals surface area contributed by atoms with Gasteiger partial charge in [0.1, 0.15) is 6.61 Å². The molecule has 2 nitrogen and oxygen atoms in total. The Morgan fingerprint density at radius 2 is 1.76 bits per heavy atom. The lowest BCUT2D eigenvalue weighted by atomic mass is 10.0. The summed E-state index contributed by atoms with van der Waals surface area (Å²) in [5, 5.41) is 3.27. The summed E-state index contributed by atoms with van der Waals surface area (Å²) in [4.78, 5) is 0. The fraction of sp³-hybridized carbons (Fsp3) is 1.00. The highest BCUT2D eigenvalue weighted by atomic mass is 19.4. The van der Waals surface area contributed by atoms with Crippen LogP contribution in [0.2, 0.25) is 0 Å². The summed E-state index contributed by atoms with van der Waals surface area (Å²) < 4.78 is 40.1. The molecule has 17 heavy (non-hydrogen) atoms. The molecule has 0 aromatic heterocycles. The molecule has 0 aromatic carbocycles. The molecular weight excluding hydrogens is 231 g/mol. The van der Waals surface area contributed by atoms with E-state index in [1.807, 2.05) is 6.92 Å². The first-order chi connectivity index (χ1) is 7.85. The number of hydrogen-bond donors (Lipinski definition) is 1. The van der Waals surface area contributed by atoms with Crippen molar-refractivity contribution in [3.63, 3.8) is 0 Å². The third kappa shape index (κ3) is 12.0. The van der Waals surface area contributed by atoms with E-state index in [1.54, 1.807) is 0 Å². The molecule has 0 aliphatic heterocycles. The quantitative estimate of drug-likeness (QED) is 0.638. The van der Waals surface area contributed by atoms with Crippen LogP contribution in [-0.2, 0) is 4.74 Å². The van der Waals surface area contributed by atoms with E-state index in [-0.39, 0.29) is 12.6 Å². The van der Waals surface area contributed by atoms with Crippen LogP contribution in [0.15, 0.2) is 0 Å². The van der Waals surface area contributed by atoms with E-state index in [0.717, 1.165) is 19.4 Å². The highest BCUT2D eigenvalue weighted by molar-refractivity contribution is 4.67. The van der Waals surface area contributed by atoms with Gasteiger partial charge in [-0.3, -0.25) is 0 Å². The lowest BCUT2D eigenvalue weighted by Gasteiger charge is -2.19. The maximum absolute atomic E-state index is 11.8. The predicted molar refractivity (Wildman–Crippen MR) is 63.0 cm³/mol. The van der Waals surface area contributed by atoms with Gasteiger partial charge in [0.25, 0.3) is 0 Å². The fourth-order valence-corrected chi connectivity index (χ4v) is 1.59. The monoisotopic (exact) mass is 255 g/mol. The van der Waals surface area contributed by atoms with Gasteiger partial charge >= 0.3 is 6.18 Å². The van der Waals surface area contributed by atoms with Gasteiger partial charge in [0.05, 0.1) is 0 Å². The normalized spacial score (nSPS) is 14.3. The van der Waals surface area contributed by atoms with Crippen molar-refractivity contribution in [2.24, 2.45) is 5.92 Å². The number of alkyl halides is 3. The Morgan fingerprint density at radius 1 is 1.12 bits per heavy atom. The van der Waals surface area contributed by atoms with Crippen LogP contribution < -0.4 is 5.32 Å². The van der Waals surface area contributed by atoms with Crippen LogP contribution in [0.1, 0.15) is 40.0 Å². The van der Waals surface area contributed by atoms with Gasteiger partial charge in [-0.1, -0.05) is 20.8 Å². The Bertz CT molecular complexity index is 183. The van der Waals surface area contributed by atoms with Crippen molar-refractivity contribution in [1.29, 1.82) is 0 Å². The second kappa shape index (κ2) is 8.75. The molecule has 0 heterocycles. The van der Waals surface area contributed by atoms with Crippen molar-refractivity contribution in [3.8, 4) is 0 Å². The van der Waals surface area contributed by atoms with E-state index in [4.69, 9.17) is 0 Å². The molecule has 0 amide bonds. The number of ether oxygens (including phenoxy) is 1. The average Bonchev–Trinajstić information content (AvgIpc) is 2.19. The summed E-state index contributed by atoms with van der Waals surface area (Å²) in [6, 6.07) is 0.260. The second-order valence-corrected chi connectivity index (χ2v) is 4.68. The Balaban J connectivity index is 3.69. The Hall–Kier alpha value is -0.290. The van der Waals surface area contributed by atoms with Crippen LogP contribution in [0, 0.1) is 5.92 Å². The zero-order chi connectivity index (χ0) is 13.3. The van der Waals surface area contributed by atoms with E-state index in [1.165, 1.54) is 0 Å². The molecule has 0 rings (SSSR count). The molecule has 1 unspecified atom stereocenters. The topological polar surface area (TPSA) is 21.3 Å². The Morgan fingerprint density at radius 3 is 2.24 bits per heavy atom. The van der Waals surface area contributed by atoms with Gasteiger partial charge in [-0.05, 0) is 31.7 Å². The van der Waals surface area contributed by atoms with Crippen molar-refractivity contribution in [3.05, 3.63) is 0 Å². The van der Waals surface area contributed by atoms with Crippen LogP contribution in [0.25, 0.3) is 0 Å². The Kier molecular flexibility index (Phi) is 8.60. The summed E-state index contributed by atoms with van der Waals surface area (Å²) in [5.74, 6) is 0.618. The number of halogens is 3. The van der Waals surface area contributed by atoms with Gasteiger partial charge in [-0.25, -0.2) is 0 Å². The zero-order valence-corrected chi connectivity index (χ0v) is 10.9. The van der Waals surface area contributed by atoms with Gasteiger partial charge in [-0.2, -0.15) is 13.2 Å². The standard InChI is InChI=1S/C12H24F3NO/c1-4-16-11(6-5-10(2)3)7-8-17-9-12(13,14)15/h10-11,16H,4-9H2,1-3H3. The lowest BCUT2D eigenvalue weighted by Crippen LogP contribution is -2.31. The third-order valence-corrected chi connectivity index (χ3v) is 2.46. The highest BCUT2D eigenvalue weighted by Gasteiger charge is 2.27. The molecule has 0 radical (unpaired) electrons. The SMILES string of the molecule is CCNC(CCOCC(F)(F)F)CCC(C)C.